The van der Waals surface area contributed by atoms with Gasteiger partial charge < -0.3 is 19.3 Å². The summed E-state index contributed by atoms with van der Waals surface area (Å²) in [6.45, 7) is 0. The van der Waals surface area contributed by atoms with Crippen molar-refractivity contribution in [1.29, 1.82) is 0 Å². The van der Waals surface area contributed by atoms with E-state index in [1.807, 2.05) is 0 Å². The molecule has 0 saturated carbocycles. The highest BCUT2D eigenvalue weighted by molar-refractivity contribution is 6.30. The highest BCUT2D eigenvalue weighted by Gasteiger charge is 2.47. The quantitative estimate of drug-likeness (QED) is 0.863. The SMILES string of the molecule is COC(=O)[C@]1(O)C[C@H](c2ccc(Cl)cc2)Oc2cc(OC)ccc21. The molecule has 5 nitrogen and oxygen atoms in total. The lowest BCUT2D eigenvalue weighted by Crippen LogP contribution is -2.42. The van der Waals surface area contributed by atoms with E-state index in [0.29, 0.717) is 22.1 Å². The number of hydrogen-bond acceptors (Lipinski definition) is 5. The van der Waals surface area contributed by atoms with Crippen molar-refractivity contribution in [2.24, 2.45) is 0 Å². The van der Waals surface area contributed by atoms with E-state index in [4.69, 9.17) is 25.8 Å². The van der Waals surface area contributed by atoms with E-state index in [0.717, 1.165) is 5.56 Å². The second-order valence-electron chi connectivity index (χ2n) is 5.58. The van der Waals surface area contributed by atoms with Gasteiger partial charge in [0.2, 0.25) is 0 Å². The van der Waals surface area contributed by atoms with Gasteiger partial charge in [-0.05, 0) is 29.8 Å². The summed E-state index contributed by atoms with van der Waals surface area (Å²) in [6, 6.07) is 12.0. The van der Waals surface area contributed by atoms with Crippen LogP contribution in [0.5, 0.6) is 11.5 Å². The summed E-state index contributed by atoms with van der Waals surface area (Å²) >= 11 is 5.92. The Morgan fingerprint density at radius 1 is 1.25 bits per heavy atom. The maximum Gasteiger partial charge on any atom is 0.342 e. The zero-order valence-corrected chi connectivity index (χ0v) is 14.0. The maximum absolute atomic E-state index is 12.3. The van der Waals surface area contributed by atoms with Crippen molar-refractivity contribution in [3.63, 3.8) is 0 Å². The molecule has 0 radical (unpaired) electrons. The minimum atomic E-state index is -1.79. The van der Waals surface area contributed by atoms with E-state index >= 15 is 0 Å². The van der Waals surface area contributed by atoms with Crippen LogP contribution < -0.4 is 9.47 Å². The molecule has 0 saturated heterocycles. The summed E-state index contributed by atoms with van der Waals surface area (Å²) in [5.41, 5.74) is -0.630. The number of fused-ring (bicyclic) bond motifs is 1. The molecule has 126 valence electrons. The number of methoxy groups -OCH3 is 2. The lowest BCUT2D eigenvalue weighted by atomic mass is 9.83. The van der Waals surface area contributed by atoms with Crippen molar-refractivity contribution in [2.75, 3.05) is 14.2 Å². The van der Waals surface area contributed by atoms with Gasteiger partial charge in [0.25, 0.3) is 0 Å². The Bertz CT molecular complexity index is 759. The zero-order valence-electron chi connectivity index (χ0n) is 13.3. The average molecular weight is 349 g/mol. The second-order valence-corrected chi connectivity index (χ2v) is 6.01. The maximum atomic E-state index is 12.3. The van der Waals surface area contributed by atoms with Gasteiger partial charge in [0.1, 0.15) is 17.6 Å². The summed E-state index contributed by atoms with van der Waals surface area (Å²) in [6.07, 6.45) is -0.480. The molecule has 0 bridgehead atoms. The molecule has 3 rings (SSSR count). The van der Waals surface area contributed by atoms with Crippen LogP contribution in [-0.4, -0.2) is 25.3 Å². The summed E-state index contributed by atoms with van der Waals surface area (Å²) < 4.78 is 16.0. The van der Waals surface area contributed by atoms with Gasteiger partial charge in [-0.15, -0.1) is 0 Å². The first kappa shape index (κ1) is 16.6. The van der Waals surface area contributed by atoms with E-state index in [2.05, 4.69) is 0 Å². The number of rotatable bonds is 3. The van der Waals surface area contributed by atoms with Crippen molar-refractivity contribution in [3.8, 4) is 11.5 Å². The van der Waals surface area contributed by atoms with Crippen LogP contribution in [-0.2, 0) is 15.1 Å². The fourth-order valence-corrected chi connectivity index (χ4v) is 2.99. The zero-order chi connectivity index (χ0) is 17.3. The number of halogens is 1. The van der Waals surface area contributed by atoms with Gasteiger partial charge in [-0.1, -0.05) is 23.7 Å². The molecule has 2 aromatic carbocycles. The van der Waals surface area contributed by atoms with Gasteiger partial charge in [-0.25, -0.2) is 4.79 Å². The van der Waals surface area contributed by atoms with Crippen molar-refractivity contribution in [1.82, 2.24) is 0 Å². The normalized spacial score (nSPS) is 22.2. The molecule has 1 aliphatic rings. The van der Waals surface area contributed by atoms with Crippen LogP contribution in [0.4, 0.5) is 0 Å². The van der Waals surface area contributed by atoms with Gasteiger partial charge in [0.15, 0.2) is 5.60 Å². The highest BCUT2D eigenvalue weighted by Crippen LogP contribution is 2.46. The number of ether oxygens (including phenoxy) is 3. The Morgan fingerprint density at radius 3 is 2.58 bits per heavy atom. The minimum absolute atomic E-state index is 0.0423. The minimum Gasteiger partial charge on any atom is -0.497 e. The molecule has 1 N–H and O–H groups in total. The number of hydrogen-bond donors (Lipinski definition) is 1. The third-order valence-electron chi connectivity index (χ3n) is 4.15. The molecule has 6 heteroatoms. The topological polar surface area (TPSA) is 65.0 Å². The fourth-order valence-electron chi connectivity index (χ4n) is 2.87. The number of esters is 1. The van der Waals surface area contributed by atoms with Crippen LogP contribution in [0.1, 0.15) is 23.7 Å². The number of carbonyl (C=O) groups is 1. The lowest BCUT2D eigenvalue weighted by Gasteiger charge is -2.37. The Hall–Kier alpha value is -2.24. The number of carbonyl (C=O) groups excluding carboxylic acids is 1. The van der Waals surface area contributed by atoms with Gasteiger partial charge in [0, 0.05) is 23.1 Å². The van der Waals surface area contributed by atoms with Gasteiger partial charge >= 0.3 is 5.97 Å². The molecule has 1 aliphatic heterocycles. The predicted molar refractivity (Wildman–Crippen MR) is 88.3 cm³/mol. The third kappa shape index (κ3) is 2.81. The van der Waals surface area contributed by atoms with E-state index in [1.165, 1.54) is 14.2 Å². The van der Waals surface area contributed by atoms with E-state index in [-0.39, 0.29) is 6.42 Å². The first-order chi connectivity index (χ1) is 11.5. The predicted octanol–water partition coefficient (Wildman–Crippen LogP) is 3.23. The summed E-state index contributed by atoms with van der Waals surface area (Å²) in [7, 11) is 2.78. The Kier molecular flexibility index (Phi) is 4.39. The van der Waals surface area contributed by atoms with Crippen molar-refractivity contribution >= 4 is 17.6 Å². The molecule has 0 spiro atoms. The first-order valence-electron chi connectivity index (χ1n) is 7.39. The molecule has 2 aromatic rings. The van der Waals surface area contributed by atoms with Crippen LogP contribution in [0, 0.1) is 0 Å². The van der Waals surface area contributed by atoms with Crippen LogP contribution in [0.3, 0.4) is 0 Å². The molecule has 0 unspecified atom stereocenters. The Labute approximate surface area is 144 Å². The molecule has 0 amide bonds. The van der Waals surface area contributed by atoms with E-state index in [9.17, 15) is 9.90 Å². The summed E-state index contributed by atoms with van der Waals surface area (Å²) in [5, 5.41) is 11.6. The van der Waals surface area contributed by atoms with Crippen molar-refractivity contribution in [3.05, 3.63) is 58.6 Å². The molecule has 0 aromatic heterocycles. The van der Waals surface area contributed by atoms with Crippen LogP contribution >= 0.6 is 11.6 Å². The lowest BCUT2D eigenvalue weighted by molar-refractivity contribution is -0.169. The standard InChI is InChI=1S/C18H17ClO5/c1-22-13-7-8-14-15(9-13)24-16(10-18(14,21)17(20)23-2)11-3-5-12(19)6-4-11/h3-9,16,21H,10H2,1-2H3/t16-,18+/m1/s1. The summed E-state index contributed by atoms with van der Waals surface area (Å²) in [5.74, 6) is 0.224. The smallest absolute Gasteiger partial charge is 0.342 e. The number of aliphatic hydroxyl groups is 1. The van der Waals surface area contributed by atoms with Gasteiger partial charge in [-0.3, -0.25) is 0 Å². The molecule has 0 fully saturated rings. The molecule has 2 atom stereocenters. The highest BCUT2D eigenvalue weighted by atomic mass is 35.5. The average Bonchev–Trinajstić information content (AvgIpc) is 2.60. The largest absolute Gasteiger partial charge is 0.497 e. The Morgan fingerprint density at radius 2 is 1.96 bits per heavy atom. The van der Waals surface area contributed by atoms with Crippen LogP contribution in [0.25, 0.3) is 0 Å². The van der Waals surface area contributed by atoms with Gasteiger partial charge in [0.05, 0.1) is 14.2 Å². The van der Waals surface area contributed by atoms with Crippen molar-refractivity contribution < 1.29 is 24.1 Å². The first-order valence-corrected chi connectivity index (χ1v) is 7.77. The second kappa shape index (κ2) is 6.34. The molecule has 1 heterocycles. The van der Waals surface area contributed by atoms with Gasteiger partial charge in [-0.2, -0.15) is 0 Å². The fraction of sp³-hybridized carbons (Fsp3) is 0.278. The molecular formula is C18H17ClO5. The molecule has 24 heavy (non-hydrogen) atoms. The van der Waals surface area contributed by atoms with Crippen LogP contribution in [0.2, 0.25) is 5.02 Å². The monoisotopic (exact) mass is 348 g/mol. The summed E-state index contributed by atoms with van der Waals surface area (Å²) in [4.78, 5) is 12.3. The Balaban J connectivity index is 2.08. The molecule has 0 aliphatic carbocycles. The van der Waals surface area contributed by atoms with Crippen molar-refractivity contribution in [2.45, 2.75) is 18.1 Å². The number of benzene rings is 2. The third-order valence-corrected chi connectivity index (χ3v) is 4.40. The van der Waals surface area contributed by atoms with E-state index in [1.54, 1.807) is 42.5 Å². The van der Waals surface area contributed by atoms with E-state index < -0.39 is 17.7 Å². The van der Waals surface area contributed by atoms with Crippen LogP contribution in [0.15, 0.2) is 42.5 Å². The molecular weight excluding hydrogens is 332 g/mol.